The number of nitrogens with two attached hydrogens (primary N) is 1. The third-order valence-electron chi connectivity index (χ3n) is 4.39. The lowest BCUT2D eigenvalue weighted by atomic mass is 9.95. The minimum absolute atomic E-state index is 0.0499. The average Bonchev–Trinajstić information content (AvgIpc) is 2.72. The van der Waals surface area contributed by atoms with Crippen molar-refractivity contribution in [2.45, 2.75) is 27.2 Å². The first-order chi connectivity index (χ1) is 15.0. The van der Waals surface area contributed by atoms with Crippen LogP contribution >= 0.6 is 0 Å². The van der Waals surface area contributed by atoms with Crippen molar-refractivity contribution in [3.63, 3.8) is 0 Å². The Kier molecular flexibility index (Phi) is 8.06. The van der Waals surface area contributed by atoms with E-state index >= 15 is 0 Å². The second-order valence-electron chi connectivity index (χ2n) is 8.10. The highest BCUT2D eigenvalue weighted by molar-refractivity contribution is 5.99. The summed E-state index contributed by atoms with van der Waals surface area (Å²) in [6.45, 7) is 4.63. The molecule has 0 saturated heterocycles. The predicted molar refractivity (Wildman–Crippen MR) is 117 cm³/mol. The molecule has 2 aromatic carbocycles. The first kappa shape index (κ1) is 24.5. The van der Waals surface area contributed by atoms with Gasteiger partial charge in [0.2, 0.25) is 11.8 Å². The fraction of sp³-hybridized carbons (Fsp3) is 0.304. The van der Waals surface area contributed by atoms with Gasteiger partial charge in [-0.25, -0.2) is 9.18 Å². The fourth-order valence-corrected chi connectivity index (χ4v) is 2.57. The van der Waals surface area contributed by atoms with Crippen molar-refractivity contribution < 1.29 is 28.3 Å². The van der Waals surface area contributed by atoms with Gasteiger partial charge >= 0.3 is 5.97 Å². The first-order valence-electron chi connectivity index (χ1n) is 9.90. The van der Waals surface area contributed by atoms with E-state index in [1.165, 1.54) is 41.3 Å². The topological polar surface area (TPSA) is 119 Å². The number of ether oxygens (including phenoxy) is 1. The maximum Gasteiger partial charge on any atom is 0.338 e. The second kappa shape index (κ2) is 10.5. The normalized spacial score (nSPS) is 10.9. The number of nitrogens with one attached hydrogen (secondary N) is 1. The van der Waals surface area contributed by atoms with Crippen LogP contribution in [0.5, 0.6) is 0 Å². The third kappa shape index (κ3) is 7.19. The molecular formula is C23H26FN3O5. The number of carbonyl (C=O) groups excluding carboxylic acids is 4. The van der Waals surface area contributed by atoms with Gasteiger partial charge in [0.05, 0.1) is 5.56 Å². The molecule has 0 aromatic heterocycles. The number of carbonyl (C=O) groups is 4. The average molecular weight is 443 g/mol. The van der Waals surface area contributed by atoms with Crippen LogP contribution in [-0.2, 0) is 19.1 Å². The largest absolute Gasteiger partial charge is 0.452 e. The van der Waals surface area contributed by atoms with E-state index in [2.05, 4.69) is 5.32 Å². The summed E-state index contributed by atoms with van der Waals surface area (Å²) in [7, 11) is 0. The zero-order valence-electron chi connectivity index (χ0n) is 18.2. The lowest BCUT2D eigenvalue weighted by Crippen LogP contribution is -2.37. The Morgan fingerprint density at radius 3 is 2.31 bits per heavy atom. The number of esters is 1. The van der Waals surface area contributed by atoms with Crippen LogP contribution < -0.4 is 16.0 Å². The molecule has 3 amide bonds. The van der Waals surface area contributed by atoms with Gasteiger partial charge < -0.3 is 20.7 Å². The molecule has 170 valence electrons. The standard InChI is InChI=1S/C23H26FN3O5/c1-23(2,3)22(31)26-17-6-4-5-15(13-17)21(30)32-14-20(29)27(12-11-19(25)28)18-9-7-16(24)8-10-18/h4-10,13H,11-12,14H2,1-3H3,(H2,25,28)(H,26,31). The van der Waals surface area contributed by atoms with Gasteiger partial charge in [-0.3, -0.25) is 14.4 Å². The molecule has 0 atom stereocenters. The Morgan fingerprint density at radius 2 is 1.72 bits per heavy atom. The van der Waals surface area contributed by atoms with E-state index < -0.39 is 35.6 Å². The summed E-state index contributed by atoms with van der Waals surface area (Å²) in [6.07, 6.45) is -0.118. The Labute approximate surface area is 185 Å². The van der Waals surface area contributed by atoms with E-state index in [1.54, 1.807) is 32.9 Å². The number of benzene rings is 2. The molecule has 0 aliphatic rings. The number of anilines is 2. The Balaban J connectivity index is 2.06. The summed E-state index contributed by atoms with van der Waals surface area (Å²) >= 11 is 0. The van der Waals surface area contributed by atoms with Crippen LogP contribution in [0.15, 0.2) is 48.5 Å². The molecule has 2 rings (SSSR count). The molecule has 0 radical (unpaired) electrons. The molecule has 0 saturated carbocycles. The summed E-state index contributed by atoms with van der Waals surface area (Å²) in [6, 6.07) is 11.2. The smallest absolute Gasteiger partial charge is 0.338 e. The van der Waals surface area contributed by atoms with Gasteiger partial charge in [-0.15, -0.1) is 0 Å². The Morgan fingerprint density at radius 1 is 1.06 bits per heavy atom. The van der Waals surface area contributed by atoms with Gasteiger partial charge in [-0.2, -0.15) is 0 Å². The number of primary amides is 1. The third-order valence-corrected chi connectivity index (χ3v) is 4.39. The van der Waals surface area contributed by atoms with Crippen LogP contribution in [0, 0.1) is 11.2 Å². The van der Waals surface area contributed by atoms with Gasteiger partial charge in [-0.1, -0.05) is 26.8 Å². The number of nitrogens with zero attached hydrogens (tertiary/aromatic N) is 1. The van der Waals surface area contributed by atoms with Gasteiger partial charge in [0.1, 0.15) is 5.82 Å². The summed E-state index contributed by atoms with van der Waals surface area (Å²) in [4.78, 5) is 49.5. The number of halogens is 1. The van der Waals surface area contributed by atoms with E-state index in [9.17, 15) is 23.6 Å². The Bertz CT molecular complexity index is 999. The second-order valence-corrected chi connectivity index (χ2v) is 8.10. The van der Waals surface area contributed by atoms with Crippen LogP contribution in [0.25, 0.3) is 0 Å². The summed E-state index contributed by atoms with van der Waals surface area (Å²) in [5, 5.41) is 2.72. The molecule has 0 aliphatic heterocycles. The van der Waals surface area contributed by atoms with E-state index in [4.69, 9.17) is 10.5 Å². The Hall–Kier alpha value is -3.75. The molecule has 0 unspecified atom stereocenters. The van der Waals surface area contributed by atoms with E-state index in [0.29, 0.717) is 11.4 Å². The SMILES string of the molecule is CC(C)(C)C(=O)Nc1cccc(C(=O)OCC(=O)N(CCC(N)=O)c2ccc(F)cc2)c1. The zero-order chi connectivity index (χ0) is 23.9. The number of hydrogen-bond donors (Lipinski definition) is 2. The zero-order valence-corrected chi connectivity index (χ0v) is 18.2. The lowest BCUT2D eigenvalue weighted by Gasteiger charge is -2.22. The van der Waals surface area contributed by atoms with Crippen molar-refractivity contribution in [1.82, 2.24) is 0 Å². The highest BCUT2D eigenvalue weighted by Crippen LogP contribution is 2.19. The van der Waals surface area contributed by atoms with Crippen LogP contribution in [0.2, 0.25) is 0 Å². The van der Waals surface area contributed by atoms with Crippen molar-refractivity contribution in [1.29, 1.82) is 0 Å². The van der Waals surface area contributed by atoms with Gasteiger partial charge in [0, 0.05) is 29.8 Å². The maximum atomic E-state index is 13.2. The minimum atomic E-state index is -0.765. The summed E-state index contributed by atoms with van der Waals surface area (Å²) in [5.41, 5.74) is 5.45. The molecule has 0 bridgehead atoms. The highest BCUT2D eigenvalue weighted by atomic mass is 19.1. The van der Waals surface area contributed by atoms with Gasteiger partial charge in [0.25, 0.3) is 5.91 Å². The maximum absolute atomic E-state index is 13.2. The molecule has 8 nitrogen and oxygen atoms in total. The van der Waals surface area contributed by atoms with E-state index in [1.807, 2.05) is 0 Å². The number of amides is 3. The molecule has 0 aliphatic carbocycles. The van der Waals surface area contributed by atoms with Crippen molar-refractivity contribution in [3.05, 3.63) is 59.9 Å². The number of rotatable bonds is 8. The van der Waals surface area contributed by atoms with Crippen LogP contribution in [-0.4, -0.2) is 36.8 Å². The quantitative estimate of drug-likeness (QED) is 0.608. The van der Waals surface area contributed by atoms with Crippen LogP contribution in [0.4, 0.5) is 15.8 Å². The summed E-state index contributed by atoms with van der Waals surface area (Å²) in [5.74, 6) is -2.69. The monoisotopic (exact) mass is 443 g/mol. The van der Waals surface area contributed by atoms with Gasteiger partial charge in [-0.05, 0) is 42.5 Å². The van der Waals surface area contributed by atoms with E-state index in [0.717, 1.165) is 0 Å². The molecular weight excluding hydrogens is 417 g/mol. The van der Waals surface area contributed by atoms with Crippen molar-refractivity contribution in [2.75, 3.05) is 23.4 Å². The first-order valence-corrected chi connectivity index (χ1v) is 9.90. The molecule has 9 heteroatoms. The van der Waals surface area contributed by atoms with Crippen molar-refractivity contribution >= 4 is 35.1 Å². The van der Waals surface area contributed by atoms with Crippen molar-refractivity contribution in [3.8, 4) is 0 Å². The van der Waals surface area contributed by atoms with Gasteiger partial charge in [0.15, 0.2) is 6.61 Å². The molecule has 32 heavy (non-hydrogen) atoms. The lowest BCUT2D eigenvalue weighted by molar-refractivity contribution is -0.123. The molecule has 0 fully saturated rings. The van der Waals surface area contributed by atoms with Crippen LogP contribution in [0.1, 0.15) is 37.6 Å². The fourth-order valence-electron chi connectivity index (χ4n) is 2.57. The molecule has 3 N–H and O–H groups in total. The number of hydrogen-bond acceptors (Lipinski definition) is 5. The molecule has 2 aromatic rings. The minimum Gasteiger partial charge on any atom is -0.452 e. The molecule has 0 heterocycles. The van der Waals surface area contributed by atoms with Crippen molar-refractivity contribution in [2.24, 2.45) is 11.1 Å². The predicted octanol–water partition coefficient (Wildman–Crippen LogP) is 2.88. The molecule has 0 spiro atoms. The highest BCUT2D eigenvalue weighted by Gasteiger charge is 2.22. The summed E-state index contributed by atoms with van der Waals surface area (Å²) < 4.78 is 18.3. The van der Waals surface area contributed by atoms with E-state index in [-0.39, 0.29) is 24.4 Å². The van der Waals surface area contributed by atoms with Crippen LogP contribution in [0.3, 0.4) is 0 Å².